The van der Waals surface area contributed by atoms with Crippen molar-refractivity contribution in [2.24, 2.45) is 5.73 Å². The summed E-state index contributed by atoms with van der Waals surface area (Å²) < 4.78 is 10.7. The van der Waals surface area contributed by atoms with Gasteiger partial charge in [0.1, 0.15) is 6.04 Å². The van der Waals surface area contributed by atoms with Crippen LogP contribution in [0.25, 0.3) is 0 Å². The van der Waals surface area contributed by atoms with E-state index >= 15 is 0 Å². The number of hydrogen-bond acceptors (Lipinski definition) is 4. The van der Waals surface area contributed by atoms with Gasteiger partial charge in [-0.1, -0.05) is 0 Å². The number of hydrogen-bond donors (Lipinski definition) is 2. The highest BCUT2D eigenvalue weighted by molar-refractivity contribution is 6.04. The van der Waals surface area contributed by atoms with Crippen molar-refractivity contribution in [3.63, 3.8) is 0 Å². The van der Waals surface area contributed by atoms with Crippen LogP contribution in [-0.2, 0) is 9.53 Å². The first kappa shape index (κ1) is 11.5. The molecule has 0 fully saturated rings. The fourth-order valence-electron chi connectivity index (χ4n) is 0.186. The highest BCUT2D eigenvalue weighted by atomic mass is 35.5. The van der Waals surface area contributed by atoms with Crippen LogP contribution in [0.3, 0.4) is 0 Å². The lowest BCUT2D eigenvalue weighted by atomic mass is 10.4. The Labute approximate surface area is 58.7 Å². The molecule has 0 heterocycles. The van der Waals surface area contributed by atoms with E-state index < -0.39 is 6.04 Å². The highest BCUT2D eigenvalue weighted by Crippen LogP contribution is 1.76. The van der Waals surface area contributed by atoms with Gasteiger partial charge >= 0.3 is 5.97 Å². The molecule has 1 atom stereocenters. The van der Waals surface area contributed by atoms with Crippen molar-refractivity contribution in [1.82, 2.24) is 0 Å². The number of nitrogens with two attached hydrogens (primary N) is 1. The van der Waals surface area contributed by atoms with Gasteiger partial charge in [-0.25, -0.2) is 0 Å². The van der Waals surface area contributed by atoms with Crippen molar-refractivity contribution in [3.8, 4) is 0 Å². The maximum Gasteiger partial charge on any atom is 0.322 e. The zero-order valence-electron chi connectivity index (χ0n) is 5.30. The van der Waals surface area contributed by atoms with Gasteiger partial charge in [-0.15, -0.1) is 0 Å². The molecule has 0 spiro atoms. The molecule has 3 N–H and O–H groups in total. The summed E-state index contributed by atoms with van der Waals surface area (Å²) in [6.07, 6.45) is 0. The van der Waals surface area contributed by atoms with Crippen molar-refractivity contribution in [2.75, 3.05) is 7.11 Å². The van der Waals surface area contributed by atoms with Crippen LogP contribution in [0.4, 0.5) is 0 Å². The van der Waals surface area contributed by atoms with E-state index in [0.29, 0.717) is 0 Å². The summed E-state index contributed by atoms with van der Waals surface area (Å²) in [7, 11) is 1.31. The lowest BCUT2D eigenvalue weighted by molar-refractivity contribution is -0.141. The maximum absolute atomic E-state index is 10.2. The predicted molar refractivity (Wildman–Crippen MR) is 33.7 cm³/mol. The quantitative estimate of drug-likeness (QED) is 0.508. The Balaban J connectivity index is 0. The van der Waals surface area contributed by atoms with Crippen molar-refractivity contribution in [2.45, 2.75) is 13.0 Å². The maximum atomic E-state index is 10.2. The van der Waals surface area contributed by atoms with E-state index in [1.165, 1.54) is 7.11 Å². The Hall–Kier alpha value is -0.320. The third kappa shape index (κ3) is 7.68. The zero-order valence-corrected chi connectivity index (χ0v) is 6.05. The molecule has 0 bridgehead atoms. The average molecular weight is 156 g/mol. The van der Waals surface area contributed by atoms with Crippen LogP contribution in [0.2, 0.25) is 0 Å². The molecule has 0 aliphatic rings. The number of halogens is 1. The van der Waals surface area contributed by atoms with Crippen molar-refractivity contribution >= 4 is 17.8 Å². The van der Waals surface area contributed by atoms with E-state index in [0.717, 1.165) is 0 Å². The minimum absolute atomic E-state index is 0.375. The van der Waals surface area contributed by atoms with E-state index in [2.05, 4.69) is 16.6 Å². The fraction of sp³-hybridized carbons (Fsp3) is 0.750. The Morgan fingerprint density at radius 2 is 2.11 bits per heavy atom. The lowest BCUT2D eigenvalue weighted by Crippen LogP contribution is -2.27. The molecule has 0 aliphatic heterocycles. The van der Waals surface area contributed by atoms with Gasteiger partial charge < -0.3 is 10.5 Å². The lowest BCUT2D eigenvalue weighted by Gasteiger charge is -1.98. The molecule has 9 heavy (non-hydrogen) atoms. The first-order valence-electron chi connectivity index (χ1n) is 2.18. The molecule has 0 radical (unpaired) electrons. The van der Waals surface area contributed by atoms with Crippen LogP contribution >= 0.6 is 11.9 Å². The Morgan fingerprint density at radius 3 is 2.11 bits per heavy atom. The summed E-state index contributed by atoms with van der Waals surface area (Å²) in [6.45, 7) is 1.58. The number of carbonyl (C=O) groups is 1. The van der Waals surface area contributed by atoms with E-state index in [1.807, 2.05) is 0 Å². The Morgan fingerprint density at radius 1 is 1.78 bits per heavy atom. The summed E-state index contributed by atoms with van der Waals surface area (Å²) in [5, 5.41) is 0. The van der Waals surface area contributed by atoms with Crippen molar-refractivity contribution in [1.29, 1.82) is 0 Å². The first-order valence-corrected chi connectivity index (χ1v) is 2.52. The van der Waals surface area contributed by atoms with Crippen molar-refractivity contribution < 1.29 is 14.2 Å². The number of methoxy groups -OCH3 is 1. The van der Waals surface area contributed by atoms with Gasteiger partial charge in [0.25, 0.3) is 0 Å². The normalized spacial score (nSPS) is 10.8. The zero-order chi connectivity index (χ0) is 7.86. The second kappa shape index (κ2) is 7.68. The number of esters is 1. The van der Waals surface area contributed by atoms with Crippen LogP contribution in [0.1, 0.15) is 6.92 Å². The van der Waals surface area contributed by atoms with E-state index in [-0.39, 0.29) is 5.97 Å². The van der Waals surface area contributed by atoms with Crippen LogP contribution in [0, 0.1) is 0 Å². The smallest absolute Gasteiger partial charge is 0.322 e. The summed E-state index contributed by atoms with van der Waals surface area (Å²) in [5.41, 5.74) is 5.07. The van der Waals surface area contributed by atoms with Crippen molar-refractivity contribution in [3.05, 3.63) is 0 Å². The van der Waals surface area contributed by atoms with E-state index in [9.17, 15) is 4.79 Å². The van der Waals surface area contributed by atoms with Crippen LogP contribution in [-0.4, -0.2) is 23.8 Å². The van der Waals surface area contributed by atoms with Gasteiger partial charge in [-0.05, 0) is 6.92 Å². The Bertz CT molecular complexity index is 76.2. The molecular weight excluding hydrogens is 146 g/mol. The van der Waals surface area contributed by atoms with Gasteiger partial charge in [-0.3, -0.25) is 9.45 Å². The SMILES string of the molecule is COC(=O)[C@H](C)N.OCl. The molecule has 0 aromatic carbocycles. The molecule has 0 amide bonds. The third-order valence-corrected chi connectivity index (χ3v) is 0.573. The summed E-state index contributed by atoms with van der Waals surface area (Å²) >= 11 is 3.64. The van der Waals surface area contributed by atoms with Gasteiger partial charge in [-0.2, -0.15) is 0 Å². The van der Waals surface area contributed by atoms with Gasteiger partial charge in [0.05, 0.1) is 19.0 Å². The van der Waals surface area contributed by atoms with E-state index in [4.69, 9.17) is 10.4 Å². The predicted octanol–water partition coefficient (Wildman–Crippen LogP) is -0.361. The second-order valence-electron chi connectivity index (χ2n) is 1.31. The molecule has 4 nitrogen and oxygen atoms in total. The minimum atomic E-state index is -0.495. The molecule has 5 heteroatoms. The molecule has 56 valence electrons. The van der Waals surface area contributed by atoms with Gasteiger partial charge in [0.15, 0.2) is 0 Å². The summed E-state index contributed by atoms with van der Waals surface area (Å²) in [4.78, 5) is 10.2. The molecule has 0 unspecified atom stereocenters. The molecule has 0 saturated carbocycles. The van der Waals surface area contributed by atoms with E-state index in [1.54, 1.807) is 6.92 Å². The second-order valence-corrected chi connectivity index (χ2v) is 1.31. The number of rotatable bonds is 1. The third-order valence-electron chi connectivity index (χ3n) is 0.573. The topological polar surface area (TPSA) is 72.5 Å². The monoisotopic (exact) mass is 155 g/mol. The Kier molecular flexibility index (Phi) is 9.79. The van der Waals surface area contributed by atoms with Crippen LogP contribution in [0.5, 0.6) is 0 Å². The molecule has 0 aliphatic carbocycles. The summed E-state index contributed by atoms with van der Waals surface area (Å²) in [5.74, 6) is -0.375. The summed E-state index contributed by atoms with van der Waals surface area (Å²) in [6, 6.07) is -0.495. The number of carbonyl (C=O) groups excluding carboxylic acids is 1. The van der Waals surface area contributed by atoms with Crippen LogP contribution in [0.15, 0.2) is 0 Å². The van der Waals surface area contributed by atoms with Gasteiger partial charge in [0.2, 0.25) is 0 Å². The number of ether oxygens (including phenoxy) is 1. The fourth-order valence-corrected chi connectivity index (χ4v) is 0.186. The molecule has 0 aromatic rings. The molecular formula is C4H10ClNO3. The first-order chi connectivity index (χ1) is 4.18. The average Bonchev–Trinajstić information content (AvgIpc) is 1.91. The highest BCUT2D eigenvalue weighted by Gasteiger charge is 2.03. The largest absolute Gasteiger partial charge is 0.468 e. The standard InChI is InChI=1S/C4H9NO2.ClHO/c1-3(5)4(6)7-2;1-2/h3H,5H2,1-2H3;2H/t3-;/m0./s1. The molecule has 0 rings (SSSR count). The van der Waals surface area contributed by atoms with Crippen LogP contribution < -0.4 is 5.73 Å². The minimum Gasteiger partial charge on any atom is -0.468 e. The van der Waals surface area contributed by atoms with Gasteiger partial charge in [0, 0.05) is 0 Å². The molecule has 0 aromatic heterocycles. The molecule has 0 saturated heterocycles.